The lowest BCUT2D eigenvalue weighted by molar-refractivity contribution is -0.133. The van der Waals surface area contributed by atoms with Gasteiger partial charge in [0.2, 0.25) is 11.8 Å². The van der Waals surface area contributed by atoms with Crippen molar-refractivity contribution >= 4 is 23.5 Å². The van der Waals surface area contributed by atoms with Gasteiger partial charge in [0.25, 0.3) is 0 Å². The molecule has 0 aliphatic carbocycles. The smallest absolute Gasteiger partial charge is 0.337 e. The second kappa shape index (κ2) is 8.63. The number of nitrogens with zero attached hydrogens (tertiary/aromatic N) is 1. The molecule has 2 aromatic rings. The van der Waals surface area contributed by atoms with Crippen LogP contribution >= 0.6 is 0 Å². The Morgan fingerprint density at radius 3 is 2.20 bits per heavy atom. The monoisotopic (exact) mass is 340 g/mol. The molecule has 0 atom stereocenters. The minimum Gasteiger partial charge on any atom is -0.465 e. The Labute approximate surface area is 146 Å². The predicted octanol–water partition coefficient (Wildman–Crippen LogP) is 2.46. The van der Waals surface area contributed by atoms with Crippen LogP contribution in [0.5, 0.6) is 0 Å². The van der Waals surface area contributed by atoms with Crippen LogP contribution in [0.4, 0.5) is 5.69 Å². The van der Waals surface area contributed by atoms with E-state index in [4.69, 9.17) is 0 Å². The van der Waals surface area contributed by atoms with Gasteiger partial charge >= 0.3 is 5.97 Å². The van der Waals surface area contributed by atoms with Crippen molar-refractivity contribution in [2.75, 3.05) is 19.0 Å². The highest BCUT2D eigenvalue weighted by molar-refractivity contribution is 5.95. The Bertz CT molecular complexity index is 742. The average Bonchev–Trinajstić information content (AvgIpc) is 2.62. The Balaban J connectivity index is 1.97. The van der Waals surface area contributed by atoms with Crippen LogP contribution in [0.2, 0.25) is 0 Å². The summed E-state index contributed by atoms with van der Waals surface area (Å²) in [5, 5.41) is 2.71. The van der Waals surface area contributed by atoms with Crippen LogP contribution in [-0.2, 0) is 20.9 Å². The van der Waals surface area contributed by atoms with Crippen molar-refractivity contribution < 1.29 is 19.1 Å². The summed E-state index contributed by atoms with van der Waals surface area (Å²) in [4.78, 5) is 36.8. The molecular weight excluding hydrogens is 320 g/mol. The van der Waals surface area contributed by atoms with Gasteiger partial charge in [-0.2, -0.15) is 0 Å². The lowest BCUT2D eigenvalue weighted by Crippen LogP contribution is -2.36. The van der Waals surface area contributed by atoms with E-state index in [1.165, 1.54) is 18.9 Å². The summed E-state index contributed by atoms with van der Waals surface area (Å²) in [5.41, 5.74) is 1.89. The van der Waals surface area contributed by atoms with E-state index in [-0.39, 0.29) is 18.4 Å². The molecule has 0 spiro atoms. The number of methoxy groups -OCH3 is 1. The molecule has 2 rings (SSSR count). The van der Waals surface area contributed by atoms with Crippen molar-refractivity contribution in [3.8, 4) is 0 Å². The molecule has 0 aromatic heterocycles. The van der Waals surface area contributed by atoms with Gasteiger partial charge in [-0.1, -0.05) is 30.3 Å². The summed E-state index contributed by atoms with van der Waals surface area (Å²) in [6.45, 7) is 1.75. The van der Waals surface area contributed by atoms with Gasteiger partial charge in [0.05, 0.1) is 12.7 Å². The molecule has 0 radical (unpaired) electrons. The van der Waals surface area contributed by atoms with Gasteiger partial charge in [-0.05, 0) is 29.8 Å². The SMILES string of the molecule is COC(=O)c1ccc(NC(=O)CN(Cc2ccccc2)C(C)=O)cc1. The largest absolute Gasteiger partial charge is 0.465 e. The second-order valence-corrected chi connectivity index (χ2v) is 5.48. The lowest BCUT2D eigenvalue weighted by atomic mass is 10.2. The Kier molecular flexibility index (Phi) is 6.28. The van der Waals surface area contributed by atoms with E-state index in [2.05, 4.69) is 10.1 Å². The number of anilines is 1. The van der Waals surface area contributed by atoms with E-state index in [0.717, 1.165) is 5.56 Å². The summed E-state index contributed by atoms with van der Waals surface area (Å²) >= 11 is 0. The minimum absolute atomic E-state index is 0.0526. The number of amides is 2. The number of carbonyl (C=O) groups is 3. The quantitative estimate of drug-likeness (QED) is 0.820. The van der Waals surface area contributed by atoms with Gasteiger partial charge in [0.1, 0.15) is 6.54 Å². The number of esters is 1. The Hall–Kier alpha value is -3.15. The summed E-state index contributed by atoms with van der Waals surface area (Å²) in [5.74, 6) is -0.930. The standard InChI is InChI=1S/C19H20N2O4/c1-14(22)21(12-15-6-4-3-5-7-15)13-18(23)20-17-10-8-16(9-11-17)19(24)25-2/h3-11H,12-13H2,1-2H3,(H,20,23). The molecule has 2 aromatic carbocycles. The third kappa shape index (κ3) is 5.46. The summed E-state index contributed by atoms with van der Waals surface area (Å²) in [6, 6.07) is 15.8. The molecule has 0 aliphatic heterocycles. The summed E-state index contributed by atoms with van der Waals surface area (Å²) in [7, 11) is 1.31. The van der Waals surface area contributed by atoms with Gasteiger partial charge < -0.3 is 15.0 Å². The van der Waals surface area contributed by atoms with Crippen molar-refractivity contribution in [3.05, 3.63) is 65.7 Å². The first-order valence-electron chi connectivity index (χ1n) is 7.77. The van der Waals surface area contributed by atoms with E-state index >= 15 is 0 Å². The molecular formula is C19H20N2O4. The highest BCUT2D eigenvalue weighted by Gasteiger charge is 2.14. The molecule has 0 bridgehead atoms. The van der Waals surface area contributed by atoms with Crippen LogP contribution in [-0.4, -0.2) is 36.3 Å². The minimum atomic E-state index is -0.441. The first-order valence-corrected chi connectivity index (χ1v) is 7.77. The first-order chi connectivity index (χ1) is 12.0. The van der Waals surface area contributed by atoms with Crippen molar-refractivity contribution in [3.63, 3.8) is 0 Å². The number of ether oxygens (including phenoxy) is 1. The molecule has 0 aliphatic rings. The average molecular weight is 340 g/mol. The lowest BCUT2D eigenvalue weighted by Gasteiger charge is -2.20. The number of hydrogen-bond acceptors (Lipinski definition) is 4. The zero-order chi connectivity index (χ0) is 18.2. The van der Waals surface area contributed by atoms with Crippen molar-refractivity contribution in [2.45, 2.75) is 13.5 Å². The Morgan fingerprint density at radius 2 is 1.64 bits per heavy atom. The Morgan fingerprint density at radius 1 is 1.00 bits per heavy atom. The number of benzene rings is 2. The molecule has 25 heavy (non-hydrogen) atoms. The number of carbonyl (C=O) groups excluding carboxylic acids is 3. The van der Waals surface area contributed by atoms with E-state index < -0.39 is 5.97 Å². The van der Waals surface area contributed by atoms with E-state index in [1.54, 1.807) is 24.3 Å². The molecule has 1 N–H and O–H groups in total. The highest BCUT2D eigenvalue weighted by atomic mass is 16.5. The van der Waals surface area contributed by atoms with Gasteiger partial charge in [-0.15, -0.1) is 0 Å². The van der Waals surface area contributed by atoms with Crippen molar-refractivity contribution in [1.82, 2.24) is 4.90 Å². The molecule has 0 fully saturated rings. The summed E-state index contributed by atoms with van der Waals surface area (Å²) < 4.78 is 4.62. The molecule has 2 amide bonds. The first kappa shape index (κ1) is 18.2. The molecule has 6 heteroatoms. The molecule has 6 nitrogen and oxygen atoms in total. The zero-order valence-corrected chi connectivity index (χ0v) is 14.2. The predicted molar refractivity (Wildman–Crippen MR) is 93.9 cm³/mol. The van der Waals surface area contributed by atoms with Gasteiger partial charge in [-0.25, -0.2) is 4.79 Å². The third-order valence-corrected chi connectivity index (χ3v) is 3.59. The van der Waals surface area contributed by atoms with Gasteiger partial charge in [0.15, 0.2) is 0 Å². The molecule has 130 valence electrons. The second-order valence-electron chi connectivity index (χ2n) is 5.48. The number of rotatable bonds is 6. The molecule has 0 saturated heterocycles. The fourth-order valence-corrected chi connectivity index (χ4v) is 2.26. The summed E-state index contributed by atoms with van der Waals surface area (Å²) in [6.07, 6.45) is 0. The van der Waals surface area contributed by atoms with Crippen LogP contribution < -0.4 is 5.32 Å². The number of nitrogens with one attached hydrogen (secondary N) is 1. The van der Waals surface area contributed by atoms with Gasteiger partial charge in [-0.3, -0.25) is 9.59 Å². The number of hydrogen-bond donors (Lipinski definition) is 1. The van der Waals surface area contributed by atoms with E-state index in [9.17, 15) is 14.4 Å². The topological polar surface area (TPSA) is 75.7 Å². The third-order valence-electron chi connectivity index (χ3n) is 3.59. The van der Waals surface area contributed by atoms with E-state index in [1.807, 2.05) is 30.3 Å². The van der Waals surface area contributed by atoms with E-state index in [0.29, 0.717) is 17.8 Å². The maximum Gasteiger partial charge on any atom is 0.337 e. The fraction of sp³-hybridized carbons (Fsp3) is 0.211. The zero-order valence-electron chi connectivity index (χ0n) is 14.2. The maximum absolute atomic E-state index is 12.2. The van der Waals surface area contributed by atoms with Crippen LogP contribution in [0.25, 0.3) is 0 Å². The molecule has 0 unspecified atom stereocenters. The van der Waals surface area contributed by atoms with Crippen LogP contribution in [0.15, 0.2) is 54.6 Å². The van der Waals surface area contributed by atoms with Crippen LogP contribution in [0, 0.1) is 0 Å². The van der Waals surface area contributed by atoms with Crippen molar-refractivity contribution in [1.29, 1.82) is 0 Å². The molecule has 0 saturated carbocycles. The molecule has 0 heterocycles. The fourth-order valence-electron chi connectivity index (χ4n) is 2.26. The van der Waals surface area contributed by atoms with Crippen molar-refractivity contribution in [2.24, 2.45) is 0 Å². The normalized spacial score (nSPS) is 10.0. The van der Waals surface area contributed by atoms with Gasteiger partial charge in [0, 0.05) is 19.2 Å². The highest BCUT2D eigenvalue weighted by Crippen LogP contribution is 2.11. The maximum atomic E-state index is 12.2. The van der Waals surface area contributed by atoms with Crippen LogP contribution in [0.1, 0.15) is 22.8 Å². The van der Waals surface area contributed by atoms with Crippen LogP contribution in [0.3, 0.4) is 0 Å².